The predicted octanol–water partition coefficient (Wildman–Crippen LogP) is 1.27. The minimum Gasteiger partial charge on any atom is -0.334 e. The van der Waals surface area contributed by atoms with Crippen molar-refractivity contribution in [3.8, 4) is 0 Å². The number of hydrogen-bond donors (Lipinski definition) is 2. The van der Waals surface area contributed by atoms with Gasteiger partial charge in [0.05, 0.1) is 35.9 Å². The van der Waals surface area contributed by atoms with Crippen molar-refractivity contribution in [1.29, 1.82) is 0 Å². The number of aryl methyl sites for hydroxylation is 1. The molecule has 0 fully saturated rings. The number of hydrogen-bond acceptors (Lipinski definition) is 5. The van der Waals surface area contributed by atoms with Crippen LogP contribution in [-0.2, 0) is 23.6 Å². The molecule has 3 rings (SSSR count). The van der Waals surface area contributed by atoms with Crippen LogP contribution in [0.25, 0.3) is 11.0 Å². The van der Waals surface area contributed by atoms with Gasteiger partial charge in [-0.1, -0.05) is 0 Å². The number of carbonyl (C=O) groups excluding carboxylic acids is 1. The van der Waals surface area contributed by atoms with Crippen LogP contribution in [0.15, 0.2) is 42.9 Å². The summed E-state index contributed by atoms with van der Waals surface area (Å²) < 4.78 is 26.5. The molecule has 0 aliphatic heterocycles. The number of rotatable bonds is 5. The van der Waals surface area contributed by atoms with Gasteiger partial charge in [-0.2, -0.15) is 0 Å². The van der Waals surface area contributed by atoms with Gasteiger partial charge in [-0.25, -0.2) is 18.1 Å². The Morgan fingerprint density at radius 1 is 1.20 bits per heavy atom. The molecule has 0 spiro atoms. The van der Waals surface area contributed by atoms with Crippen LogP contribution >= 0.6 is 0 Å². The first-order valence-electron chi connectivity index (χ1n) is 7.44. The Labute approximate surface area is 145 Å². The van der Waals surface area contributed by atoms with Crippen molar-refractivity contribution in [2.24, 2.45) is 7.05 Å². The first kappa shape index (κ1) is 17.1. The topological polar surface area (TPSA) is 106 Å². The Kier molecular flexibility index (Phi) is 4.51. The molecule has 0 bridgehead atoms. The maximum atomic E-state index is 12.4. The van der Waals surface area contributed by atoms with Gasteiger partial charge in [-0.15, -0.1) is 0 Å². The number of fused-ring (bicyclic) bond motifs is 1. The number of carbonyl (C=O) groups is 1. The zero-order valence-electron chi connectivity index (χ0n) is 13.7. The number of imidazole rings is 1. The normalized spacial score (nSPS) is 11.6. The Balaban J connectivity index is 1.75. The molecule has 25 heavy (non-hydrogen) atoms. The molecule has 0 aliphatic carbocycles. The Morgan fingerprint density at radius 3 is 2.76 bits per heavy atom. The SMILES string of the molecule is Cn1cnc2cc(NC(=O)c3ccnc(CNS(C)(=O)=O)c3)ccc21. The van der Waals surface area contributed by atoms with Crippen LogP contribution in [0.5, 0.6) is 0 Å². The number of benzene rings is 1. The molecule has 8 nitrogen and oxygen atoms in total. The van der Waals surface area contributed by atoms with E-state index >= 15 is 0 Å². The van der Waals surface area contributed by atoms with Gasteiger partial charge in [0.15, 0.2) is 0 Å². The number of amides is 1. The zero-order chi connectivity index (χ0) is 18.0. The second-order valence-electron chi connectivity index (χ2n) is 5.64. The van der Waals surface area contributed by atoms with E-state index in [0.717, 1.165) is 17.3 Å². The summed E-state index contributed by atoms with van der Waals surface area (Å²) >= 11 is 0. The van der Waals surface area contributed by atoms with Gasteiger partial charge >= 0.3 is 0 Å². The zero-order valence-corrected chi connectivity index (χ0v) is 14.5. The van der Waals surface area contributed by atoms with Crippen LogP contribution in [0.2, 0.25) is 0 Å². The van der Waals surface area contributed by atoms with E-state index in [1.54, 1.807) is 30.6 Å². The minimum atomic E-state index is -3.32. The van der Waals surface area contributed by atoms with Crippen molar-refractivity contribution >= 4 is 32.7 Å². The quantitative estimate of drug-likeness (QED) is 0.714. The molecule has 1 amide bonds. The Morgan fingerprint density at radius 2 is 2.00 bits per heavy atom. The van der Waals surface area contributed by atoms with E-state index in [-0.39, 0.29) is 12.5 Å². The number of pyridine rings is 1. The third kappa shape index (κ3) is 4.20. The summed E-state index contributed by atoms with van der Waals surface area (Å²) in [6.45, 7) is 0.0276. The highest BCUT2D eigenvalue weighted by Gasteiger charge is 2.10. The van der Waals surface area contributed by atoms with Gasteiger partial charge in [0.2, 0.25) is 10.0 Å². The molecule has 0 atom stereocenters. The highest BCUT2D eigenvalue weighted by atomic mass is 32.2. The number of sulfonamides is 1. The van der Waals surface area contributed by atoms with Crippen LogP contribution in [0.1, 0.15) is 16.1 Å². The number of nitrogens with zero attached hydrogens (tertiary/aromatic N) is 3. The second-order valence-corrected chi connectivity index (χ2v) is 7.48. The molecule has 2 aromatic heterocycles. The molecule has 130 valence electrons. The Bertz CT molecular complexity index is 1040. The van der Waals surface area contributed by atoms with Crippen LogP contribution in [0.3, 0.4) is 0 Å². The largest absolute Gasteiger partial charge is 0.334 e. The van der Waals surface area contributed by atoms with Gasteiger partial charge in [0, 0.05) is 24.5 Å². The standard InChI is InChI=1S/C16H17N5O3S/c1-21-10-18-14-8-12(3-4-15(14)21)20-16(22)11-5-6-17-13(7-11)9-19-25(2,23)24/h3-8,10,19H,9H2,1-2H3,(H,20,22). The van der Waals surface area contributed by atoms with Crippen molar-refractivity contribution in [2.75, 3.05) is 11.6 Å². The summed E-state index contributed by atoms with van der Waals surface area (Å²) in [6, 6.07) is 8.59. The third-order valence-electron chi connectivity index (χ3n) is 3.58. The number of anilines is 1. The minimum absolute atomic E-state index is 0.0276. The van der Waals surface area contributed by atoms with E-state index in [1.165, 1.54) is 6.20 Å². The summed E-state index contributed by atoms with van der Waals surface area (Å²) in [5.74, 6) is -0.307. The van der Waals surface area contributed by atoms with Gasteiger partial charge < -0.3 is 9.88 Å². The predicted molar refractivity (Wildman–Crippen MR) is 94.6 cm³/mol. The molecular formula is C16H17N5O3S. The van der Waals surface area contributed by atoms with Gasteiger partial charge in [-0.05, 0) is 30.3 Å². The second kappa shape index (κ2) is 6.61. The van der Waals surface area contributed by atoms with Crippen molar-refractivity contribution in [3.05, 3.63) is 54.1 Å². The number of aromatic nitrogens is 3. The van der Waals surface area contributed by atoms with Gasteiger partial charge in [0.25, 0.3) is 5.91 Å². The average Bonchev–Trinajstić information content (AvgIpc) is 2.93. The van der Waals surface area contributed by atoms with Gasteiger partial charge in [0.1, 0.15) is 0 Å². The molecule has 2 heterocycles. The summed E-state index contributed by atoms with van der Waals surface area (Å²) in [4.78, 5) is 20.7. The van der Waals surface area contributed by atoms with E-state index in [0.29, 0.717) is 16.9 Å². The maximum absolute atomic E-state index is 12.4. The van der Waals surface area contributed by atoms with Crippen LogP contribution in [0, 0.1) is 0 Å². The van der Waals surface area contributed by atoms with Crippen molar-refractivity contribution in [1.82, 2.24) is 19.3 Å². The maximum Gasteiger partial charge on any atom is 0.255 e. The van der Waals surface area contributed by atoms with E-state index < -0.39 is 10.0 Å². The summed E-state index contributed by atoms with van der Waals surface area (Å²) in [5, 5.41) is 2.80. The lowest BCUT2D eigenvalue weighted by atomic mass is 10.2. The molecule has 0 aliphatic rings. The summed E-state index contributed by atoms with van der Waals surface area (Å²) in [6.07, 6.45) is 4.24. The number of nitrogens with one attached hydrogen (secondary N) is 2. The highest BCUT2D eigenvalue weighted by Crippen LogP contribution is 2.18. The first-order valence-corrected chi connectivity index (χ1v) is 9.33. The monoisotopic (exact) mass is 359 g/mol. The fourth-order valence-electron chi connectivity index (χ4n) is 2.34. The molecule has 0 saturated heterocycles. The molecular weight excluding hydrogens is 342 g/mol. The fourth-order valence-corrected chi connectivity index (χ4v) is 2.75. The molecule has 2 N–H and O–H groups in total. The average molecular weight is 359 g/mol. The van der Waals surface area contributed by atoms with Gasteiger partial charge in [-0.3, -0.25) is 9.78 Å². The Hall–Kier alpha value is -2.78. The van der Waals surface area contributed by atoms with Crippen LogP contribution in [-0.4, -0.2) is 35.1 Å². The molecule has 0 saturated carbocycles. The molecule has 0 radical (unpaired) electrons. The van der Waals surface area contributed by atoms with E-state index in [4.69, 9.17) is 0 Å². The third-order valence-corrected chi connectivity index (χ3v) is 4.25. The lowest BCUT2D eigenvalue weighted by molar-refractivity contribution is 0.102. The van der Waals surface area contributed by atoms with E-state index in [9.17, 15) is 13.2 Å². The molecule has 1 aromatic carbocycles. The first-order chi connectivity index (χ1) is 11.8. The smallest absolute Gasteiger partial charge is 0.255 e. The summed E-state index contributed by atoms with van der Waals surface area (Å²) in [5.41, 5.74) is 3.23. The molecule has 3 aromatic rings. The lowest BCUT2D eigenvalue weighted by Gasteiger charge is -2.07. The fraction of sp³-hybridized carbons (Fsp3) is 0.188. The van der Waals surface area contributed by atoms with Crippen molar-refractivity contribution < 1.29 is 13.2 Å². The van der Waals surface area contributed by atoms with Crippen molar-refractivity contribution in [3.63, 3.8) is 0 Å². The van der Waals surface area contributed by atoms with E-state index in [2.05, 4.69) is 20.0 Å². The molecule has 0 unspecified atom stereocenters. The van der Waals surface area contributed by atoms with Crippen LogP contribution in [0.4, 0.5) is 5.69 Å². The van der Waals surface area contributed by atoms with Crippen molar-refractivity contribution in [2.45, 2.75) is 6.54 Å². The summed E-state index contributed by atoms with van der Waals surface area (Å²) in [7, 11) is -1.42. The van der Waals surface area contributed by atoms with Crippen LogP contribution < -0.4 is 10.0 Å². The highest BCUT2D eigenvalue weighted by molar-refractivity contribution is 7.88. The molecule has 9 heteroatoms. The van der Waals surface area contributed by atoms with E-state index in [1.807, 2.05) is 17.7 Å². The lowest BCUT2D eigenvalue weighted by Crippen LogP contribution is -2.22.